The fourth-order valence-electron chi connectivity index (χ4n) is 1.11. The third-order valence-corrected chi connectivity index (χ3v) is 3.68. The van der Waals surface area contributed by atoms with Gasteiger partial charge in [-0.25, -0.2) is 9.78 Å². The molecule has 2 aromatic rings. The summed E-state index contributed by atoms with van der Waals surface area (Å²) < 4.78 is 5.34. The van der Waals surface area contributed by atoms with Crippen LogP contribution in [0.25, 0.3) is 0 Å². The van der Waals surface area contributed by atoms with Crippen LogP contribution >= 0.6 is 23.1 Å². The summed E-state index contributed by atoms with van der Waals surface area (Å²) in [5, 5.41) is 8.09. The van der Waals surface area contributed by atoms with Gasteiger partial charge in [-0.1, -0.05) is 11.3 Å². The zero-order chi connectivity index (χ0) is 12.3. The number of methoxy groups -OCH3 is 1. The van der Waals surface area contributed by atoms with Gasteiger partial charge in [-0.2, -0.15) is 0 Å². The van der Waals surface area contributed by atoms with Gasteiger partial charge < -0.3 is 10.5 Å². The molecule has 8 heteroatoms. The Morgan fingerprint density at radius 1 is 1.59 bits per heavy atom. The predicted molar refractivity (Wildman–Crippen MR) is 64.0 cm³/mol. The highest BCUT2D eigenvalue weighted by atomic mass is 32.2. The Morgan fingerprint density at radius 2 is 2.41 bits per heavy atom. The van der Waals surface area contributed by atoms with Gasteiger partial charge in [-0.15, -0.1) is 10.2 Å². The molecule has 0 aromatic carbocycles. The highest BCUT2D eigenvalue weighted by Crippen LogP contribution is 2.32. The van der Waals surface area contributed by atoms with Gasteiger partial charge in [0.1, 0.15) is 10.5 Å². The van der Waals surface area contributed by atoms with Gasteiger partial charge >= 0.3 is 5.97 Å². The quantitative estimate of drug-likeness (QED) is 0.842. The van der Waals surface area contributed by atoms with Crippen LogP contribution in [0.1, 0.15) is 10.4 Å². The number of carbonyl (C=O) groups excluding carboxylic acids is 1. The van der Waals surface area contributed by atoms with Crippen molar-refractivity contribution in [2.24, 2.45) is 0 Å². The predicted octanol–water partition coefficient (Wildman–Crippen LogP) is 1.45. The number of esters is 1. The highest BCUT2D eigenvalue weighted by molar-refractivity contribution is 8.01. The Kier molecular flexibility index (Phi) is 3.55. The van der Waals surface area contributed by atoms with Crippen molar-refractivity contribution in [1.29, 1.82) is 0 Å². The van der Waals surface area contributed by atoms with Gasteiger partial charge in [-0.3, -0.25) is 0 Å². The van der Waals surface area contributed by atoms with E-state index in [1.165, 1.54) is 42.5 Å². The van der Waals surface area contributed by atoms with Crippen molar-refractivity contribution in [3.05, 3.63) is 23.3 Å². The first-order chi connectivity index (χ1) is 8.22. The van der Waals surface area contributed by atoms with Crippen LogP contribution in [0.4, 0.5) is 5.69 Å². The van der Waals surface area contributed by atoms with Crippen molar-refractivity contribution in [2.45, 2.75) is 9.37 Å². The van der Waals surface area contributed by atoms with E-state index in [4.69, 9.17) is 5.73 Å². The second kappa shape index (κ2) is 5.11. The van der Waals surface area contributed by atoms with E-state index in [1.54, 1.807) is 5.51 Å². The molecule has 0 saturated carbocycles. The number of nitrogen functional groups attached to an aromatic ring is 1. The molecule has 0 bridgehead atoms. The molecular formula is C9H8N4O2S2. The number of aromatic nitrogens is 3. The zero-order valence-electron chi connectivity index (χ0n) is 8.78. The van der Waals surface area contributed by atoms with E-state index in [1.807, 2.05) is 0 Å². The number of carbonyl (C=O) groups is 1. The van der Waals surface area contributed by atoms with E-state index in [0.29, 0.717) is 20.6 Å². The molecule has 2 aromatic heterocycles. The lowest BCUT2D eigenvalue weighted by Gasteiger charge is -2.06. The van der Waals surface area contributed by atoms with Crippen LogP contribution in [0.5, 0.6) is 0 Å². The third kappa shape index (κ3) is 2.53. The summed E-state index contributed by atoms with van der Waals surface area (Å²) in [5.74, 6) is -0.482. The molecular weight excluding hydrogens is 260 g/mol. The number of nitrogens with two attached hydrogens (primary N) is 1. The van der Waals surface area contributed by atoms with Gasteiger partial charge in [-0.05, 0) is 17.8 Å². The zero-order valence-corrected chi connectivity index (χ0v) is 10.4. The molecule has 17 heavy (non-hydrogen) atoms. The lowest BCUT2D eigenvalue weighted by Crippen LogP contribution is -2.07. The minimum absolute atomic E-state index is 0.291. The number of ether oxygens (including phenoxy) is 1. The summed E-state index contributed by atoms with van der Waals surface area (Å²) in [6, 6.07) is 1.52. The van der Waals surface area contributed by atoms with Crippen LogP contribution in [-0.4, -0.2) is 28.3 Å². The Balaban J connectivity index is 2.32. The van der Waals surface area contributed by atoms with E-state index in [2.05, 4.69) is 19.9 Å². The van der Waals surface area contributed by atoms with E-state index in [-0.39, 0.29) is 0 Å². The van der Waals surface area contributed by atoms with Crippen molar-refractivity contribution < 1.29 is 9.53 Å². The average Bonchev–Trinajstić information content (AvgIpc) is 2.84. The lowest BCUT2D eigenvalue weighted by molar-refractivity contribution is 0.0601. The first-order valence-corrected chi connectivity index (χ1v) is 6.19. The Bertz CT molecular complexity index is 530. The second-order valence-corrected chi connectivity index (χ2v) is 4.94. The van der Waals surface area contributed by atoms with Crippen LogP contribution in [0.3, 0.4) is 0 Å². The van der Waals surface area contributed by atoms with Crippen LogP contribution in [0, 0.1) is 0 Å². The summed E-state index contributed by atoms with van der Waals surface area (Å²) in [4.78, 5) is 15.5. The molecule has 0 spiro atoms. The second-order valence-electron chi connectivity index (χ2n) is 2.88. The molecule has 2 rings (SSSR count). The fourth-order valence-corrected chi connectivity index (χ4v) is 2.54. The Hall–Kier alpha value is -1.67. The smallest absolute Gasteiger partial charge is 0.340 e. The fraction of sp³-hybridized carbons (Fsp3) is 0.111. The molecule has 2 N–H and O–H groups in total. The van der Waals surface area contributed by atoms with E-state index in [0.717, 1.165) is 0 Å². The molecule has 0 fully saturated rings. The minimum Gasteiger partial charge on any atom is -0.465 e. The summed E-state index contributed by atoms with van der Waals surface area (Å²) >= 11 is 2.64. The number of pyridine rings is 1. The molecule has 0 aliphatic heterocycles. The molecule has 0 aliphatic carbocycles. The number of rotatable bonds is 3. The van der Waals surface area contributed by atoms with Crippen LogP contribution in [0.15, 0.2) is 27.1 Å². The van der Waals surface area contributed by atoms with Gasteiger partial charge in [0.25, 0.3) is 0 Å². The van der Waals surface area contributed by atoms with E-state index >= 15 is 0 Å². The highest BCUT2D eigenvalue weighted by Gasteiger charge is 2.15. The number of anilines is 1. The Morgan fingerprint density at radius 3 is 3.06 bits per heavy atom. The van der Waals surface area contributed by atoms with Crippen LogP contribution < -0.4 is 5.73 Å². The largest absolute Gasteiger partial charge is 0.465 e. The van der Waals surface area contributed by atoms with Crippen LogP contribution in [0.2, 0.25) is 0 Å². The summed E-state index contributed by atoms with van der Waals surface area (Å²) in [5.41, 5.74) is 8.05. The molecule has 0 aliphatic rings. The van der Waals surface area contributed by atoms with Crippen molar-refractivity contribution in [3.8, 4) is 0 Å². The molecule has 88 valence electrons. The summed E-state index contributed by atoms with van der Waals surface area (Å²) in [7, 11) is 1.31. The number of hydrogen-bond donors (Lipinski definition) is 1. The maximum Gasteiger partial charge on any atom is 0.340 e. The normalized spacial score (nSPS) is 10.2. The van der Waals surface area contributed by atoms with E-state index in [9.17, 15) is 4.79 Å². The minimum atomic E-state index is -0.482. The molecule has 0 unspecified atom stereocenters. The first kappa shape index (κ1) is 11.8. The first-order valence-electron chi connectivity index (χ1n) is 4.49. The molecule has 0 atom stereocenters. The molecule has 0 radical (unpaired) electrons. The van der Waals surface area contributed by atoms with Gasteiger partial charge in [0.2, 0.25) is 0 Å². The lowest BCUT2D eigenvalue weighted by atomic mass is 10.2. The number of nitrogens with zero attached hydrogens (tertiary/aromatic N) is 3. The standard InChI is InChI=1S/C9H8N4O2S2/c1-15-8(14)5-2-3-11-7(6(5)10)17-9-13-12-4-16-9/h2-4H,10H2,1H3. The van der Waals surface area contributed by atoms with Gasteiger partial charge in [0, 0.05) is 6.20 Å². The molecule has 6 nitrogen and oxygen atoms in total. The van der Waals surface area contributed by atoms with E-state index < -0.39 is 5.97 Å². The monoisotopic (exact) mass is 268 g/mol. The SMILES string of the molecule is COC(=O)c1ccnc(Sc2nncs2)c1N. The van der Waals surface area contributed by atoms with Crippen molar-refractivity contribution in [2.75, 3.05) is 12.8 Å². The maximum absolute atomic E-state index is 11.4. The third-order valence-electron chi connectivity index (χ3n) is 1.88. The van der Waals surface area contributed by atoms with Crippen molar-refractivity contribution in [3.63, 3.8) is 0 Å². The molecule has 2 heterocycles. The van der Waals surface area contributed by atoms with Crippen molar-refractivity contribution in [1.82, 2.24) is 15.2 Å². The topological polar surface area (TPSA) is 91.0 Å². The molecule has 0 amide bonds. The van der Waals surface area contributed by atoms with Gasteiger partial charge in [0.05, 0.1) is 18.4 Å². The summed E-state index contributed by atoms with van der Waals surface area (Å²) in [6.07, 6.45) is 1.51. The molecule has 0 saturated heterocycles. The number of hydrogen-bond acceptors (Lipinski definition) is 8. The van der Waals surface area contributed by atoms with Crippen molar-refractivity contribution >= 4 is 34.8 Å². The Labute approximate surface area is 105 Å². The van der Waals surface area contributed by atoms with Crippen LogP contribution in [-0.2, 0) is 4.74 Å². The average molecular weight is 268 g/mol. The van der Waals surface area contributed by atoms with Gasteiger partial charge in [0.15, 0.2) is 4.34 Å². The summed E-state index contributed by atoms with van der Waals surface area (Å²) in [6.45, 7) is 0. The maximum atomic E-state index is 11.4.